The quantitative estimate of drug-likeness (QED) is 0.773. The molecule has 0 amide bonds. The van der Waals surface area contributed by atoms with Crippen LogP contribution in [0.15, 0.2) is 53.1 Å². The van der Waals surface area contributed by atoms with Crippen molar-refractivity contribution in [3.05, 3.63) is 70.7 Å². The zero-order valence-corrected chi connectivity index (χ0v) is 11.4. The zero-order valence-electron chi connectivity index (χ0n) is 10.6. The fourth-order valence-corrected chi connectivity index (χ4v) is 2.58. The minimum atomic E-state index is -0.368. The molecule has 1 heterocycles. The lowest BCUT2D eigenvalue weighted by Gasteiger charge is -2.12. The molecule has 1 aromatic heterocycles. The highest BCUT2D eigenvalue weighted by atomic mass is 35.5. The number of benzene rings is 2. The van der Waals surface area contributed by atoms with Crippen molar-refractivity contribution >= 4 is 22.6 Å². The van der Waals surface area contributed by atoms with Crippen molar-refractivity contribution < 1.29 is 8.81 Å². The highest BCUT2D eigenvalue weighted by molar-refractivity contribution is 6.31. The Balaban J connectivity index is 1.95. The molecule has 0 saturated heterocycles. The van der Waals surface area contributed by atoms with Crippen molar-refractivity contribution in [3.63, 3.8) is 0 Å². The second-order valence-electron chi connectivity index (χ2n) is 4.70. The lowest BCUT2D eigenvalue weighted by Crippen LogP contribution is -2.14. The van der Waals surface area contributed by atoms with Gasteiger partial charge in [0.2, 0.25) is 0 Å². The number of hydrogen-bond donors (Lipinski definition) is 1. The van der Waals surface area contributed by atoms with E-state index in [-0.39, 0.29) is 11.9 Å². The second kappa shape index (κ2) is 5.27. The molecule has 0 aliphatic heterocycles. The third kappa shape index (κ3) is 2.30. The molecule has 1 unspecified atom stereocenters. The largest absolute Gasteiger partial charge is 0.464 e. The number of furan rings is 1. The summed E-state index contributed by atoms with van der Waals surface area (Å²) in [6.07, 6.45) is 1.96. The first-order valence-corrected chi connectivity index (χ1v) is 6.69. The third-order valence-electron chi connectivity index (χ3n) is 3.40. The van der Waals surface area contributed by atoms with E-state index in [1.807, 2.05) is 24.3 Å². The van der Waals surface area contributed by atoms with Crippen LogP contribution in [0.1, 0.15) is 17.2 Å². The summed E-state index contributed by atoms with van der Waals surface area (Å²) in [4.78, 5) is 0. The molecular weight excluding hydrogens is 277 g/mol. The van der Waals surface area contributed by atoms with Crippen molar-refractivity contribution in [1.82, 2.24) is 0 Å². The summed E-state index contributed by atoms with van der Waals surface area (Å²) in [5, 5.41) is 1.35. The van der Waals surface area contributed by atoms with Gasteiger partial charge in [-0.2, -0.15) is 0 Å². The van der Waals surface area contributed by atoms with Gasteiger partial charge >= 0.3 is 0 Å². The number of nitrogens with two attached hydrogens (primary N) is 1. The molecule has 102 valence electrons. The van der Waals surface area contributed by atoms with Gasteiger partial charge in [-0.15, -0.1) is 0 Å². The van der Waals surface area contributed by atoms with Crippen LogP contribution in [0, 0.1) is 5.82 Å². The highest BCUT2D eigenvalue weighted by Gasteiger charge is 2.17. The minimum Gasteiger partial charge on any atom is -0.464 e. The molecule has 0 saturated carbocycles. The van der Waals surface area contributed by atoms with Crippen LogP contribution in [0.25, 0.3) is 11.0 Å². The van der Waals surface area contributed by atoms with Crippen molar-refractivity contribution in [2.75, 3.05) is 0 Å². The van der Waals surface area contributed by atoms with Crippen LogP contribution in [0.5, 0.6) is 0 Å². The van der Waals surface area contributed by atoms with Gasteiger partial charge in [-0.25, -0.2) is 4.39 Å². The van der Waals surface area contributed by atoms with E-state index < -0.39 is 0 Å². The predicted octanol–water partition coefficient (Wildman–Crippen LogP) is 4.47. The molecule has 0 spiro atoms. The average Bonchev–Trinajstić information content (AvgIpc) is 2.87. The summed E-state index contributed by atoms with van der Waals surface area (Å²) in [6.45, 7) is 0. The van der Waals surface area contributed by atoms with Gasteiger partial charge in [-0.05, 0) is 24.6 Å². The smallest absolute Gasteiger partial charge is 0.134 e. The van der Waals surface area contributed by atoms with Crippen LogP contribution >= 0.6 is 11.6 Å². The Kier molecular flexibility index (Phi) is 3.47. The monoisotopic (exact) mass is 289 g/mol. The van der Waals surface area contributed by atoms with E-state index in [2.05, 4.69) is 0 Å². The Morgan fingerprint density at radius 2 is 1.95 bits per heavy atom. The van der Waals surface area contributed by atoms with Gasteiger partial charge in [0.15, 0.2) is 0 Å². The summed E-state index contributed by atoms with van der Waals surface area (Å²) in [7, 11) is 0. The first-order chi connectivity index (χ1) is 9.66. The number of halogens is 2. The van der Waals surface area contributed by atoms with E-state index in [9.17, 15) is 4.39 Å². The SMILES string of the molecule is NC(Cc1c(F)cccc1Cl)c1coc2ccccc12. The molecule has 1 atom stereocenters. The topological polar surface area (TPSA) is 39.2 Å². The third-order valence-corrected chi connectivity index (χ3v) is 3.75. The van der Waals surface area contributed by atoms with E-state index >= 15 is 0 Å². The molecule has 20 heavy (non-hydrogen) atoms. The fourth-order valence-electron chi connectivity index (χ4n) is 2.34. The normalized spacial score (nSPS) is 12.8. The first kappa shape index (κ1) is 13.2. The van der Waals surface area contributed by atoms with Crippen LogP contribution in [0.2, 0.25) is 5.02 Å². The Labute approximate surface area is 121 Å². The number of hydrogen-bond acceptors (Lipinski definition) is 2. The summed E-state index contributed by atoms with van der Waals surface area (Å²) in [5.74, 6) is -0.333. The summed E-state index contributed by atoms with van der Waals surface area (Å²) < 4.78 is 19.3. The first-order valence-electron chi connectivity index (χ1n) is 6.31. The molecular formula is C16H13ClFNO. The molecule has 2 aromatic carbocycles. The van der Waals surface area contributed by atoms with Crippen molar-refractivity contribution in [1.29, 1.82) is 0 Å². The summed E-state index contributed by atoms with van der Waals surface area (Å²) >= 11 is 6.03. The van der Waals surface area contributed by atoms with Gasteiger partial charge in [-0.3, -0.25) is 0 Å². The molecule has 3 aromatic rings. The molecule has 0 aliphatic carbocycles. The van der Waals surface area contributed by atoms with Crippen LogP contribution in [-0.2, 0) is 6.42 Å². The van der Waals surface area contributed by atoms with Crippen LogP contribution in [0.3, 0.4) is 0 Å². The van der Waals surface area contributed by atoms with Crippen LogP contribution < -0.4 is 5.73 Å². The van der Waals surface area contributed by atoms with E-state index in [1.165, 1.54) is 6.07 Å². The lowest BCUT2D eigenvalue weighted by molar-refractivity contribution is 0.581. The molecule has 4 heteroatoms. The van der Waals surface area contributed by atoms with Gasteiger partial charge in [0, 0.05) is 27.6 Å². The molecule has 2 nitrogen and oxygen atoms in total. The second-order valence-corrected chi connectivity index (χ2v) is 5.11. The van der Waals surface area contributed by atoms with Gasteiger partial charge in [-0.1, -0.05) is 35.9 Å². The van der Waals surface area contributed by atoms with Crippen LogP contribution in [0.4, 0.5) is 4.39 Å². The summed E-state index contributed by atoms with van der Waals surface area (Å²) in [6, 6.07) is 11.9. The zero-order chi connectivity index (χ0) is 14.1. The maximum atomic E-state index is 13.8. The van der Waals surface area contributed by atoms with E-state index in [1.54, 1.807) is 18.4 Å². The van der Waals surface area contributed by atoms with E-state index in [4.69, 9.17) is 21.8 Å². The van der Waals surface area contributed by atoms with E-state index in [0.29, 0.717) is 17.0 Å². The molecule has 0 radical (unpaired) electrons. The minimum absolute atomic E-state index is 0.328. The fraction of sp³-hybridized carbons (Fsp3) is 0.125. The van der Waals surface area contributed by atoms with Crippen molar-refractivity contribution in [2.24, 2.45) is 5.73 Å². The Morgan fingerprint density at radius 1 is 1.15 bits per heavy atom. The molecule has 3 rings (SSSR count). The van der Waals surface area contributed by atoms with Crippen molar-refractivity contribution in [3.8, 4) is 0 Å². The van der Waals surface area contributed by atoms with Gasteiger partial charge in [0.1, 0.15) is 11.4 Å². The number of rotatable bonds is 3. The summed E-state index contributed by atoms with van der Waals surface area (Å²) in [5.41, 5.74) is 8.26. The standard InChI is InChI=1S/C16H13ClFNO/c17-13-5-3-6-14(18)11(13)8-15(19)12-9-20-16-7-2-1-4-10(12)16/h1-7,9,15H,8,19H2. The molecule has 0 aliphatic rings. The van der Waals surface area contributed by atoms with Crippen LogP contribution in [-0.4, -0.2) is 0 Å². The van der Waals surface area contributed by atoms with E-state index in [0.717, 1.165) is 16.5 Å². The van der Waals surface area contributed by atoms with Gasteiger partial charge in [0.05, 0.1) is 6.26 Å². The predicted molar refractivity (Wildman–Crippen MR) is 78.3 cm³/mol. The molecule has 0 bridgehead atoms. The lowest BCUT2D eigenvalue weighted by atomic mass is 9.99. The number of fused-ring (bicyclic) bond motifs is 1. The van der Waals surface area contributed by atoms with Gasteiger partial charge in [0.25, 0.3) is 0 Å². The maximum Gasteiger partial charge on any atom is 0.134 e. The molecule has 2 N–H and O–H groups in total. The molecule has 0 fully saturated rings. The highest BCUT2D eigenvalue weighted by Crippen LogP contribution is 2.29. The van der Waals surface area contributed by atoms with Crippen molar-refractivity contribution in [2.45, 2.75) is 12.5 Å². The average molecular weight is 290 g/mol. The number of para-hydroxylation sites is 1. The maximum absolute atomic E-state index is 13.8. The Morgan fingerprint density at radius 3 is 2.75 bits per heavy atom. The Hall–Kier alpha value is -1.84. The van der Waals surface area contributed by atoms with Gasteiger partial charge < -0.3 is 10.2 Å². The Bertz CT molecular complexity index is 733.